The van der Waals surface area contributed by atoms with E-state index in [0.29, 0.717) is 28.5 Å². The van der Waals surface area contributed by atoms with Gasteiger partial charge >= 0.3 is 18.2 Å². The molecule has 11 N–H and O–H groups in total. The molecule has 0 unspecified atom stereocenters. The lowest BCUT2D eigenvalue weighted by atomic mass is 10.0. The molecule has 4 rings (SSSR count). The molecule has 0 aliphatic carbocycles. The summed E-state index contributed by atoms with van der Waals surface area (Å²) in [5.74, 6) is -6.18. The Bertz CT molecular complexity index is 2660. The third-order valence-electron chi connectivity index (χ3n) is 11.5. The van der Waals surface area contributed by atoms with Gasteiger partial charge in [0.25, 0.3) is 0 Å². The number of carboxylic acids is 1. The lowest BCUT2D eigenvalue weighted by Gasteiger charge is -2.28. The molecule has 4 aromatic rings. The molecule has 0 fully saturated rings. The average molecular weight is 1100 g/mol. The number of aliphatic hydroxyl groups is 1. The number of rotatable bonds is 28. The number of hydrogen-bond acceptors (Lipinski definition) is 13. The molecular formula is C55H75N9O13S. The maximum atomic E-state index is 14.9. The molecular weight excluding hydrogens is 1030 g/mol. The Labute approximate surface area is 458 Å². The number of carbonyl (C=O) groups is 9. The van der Waals surface area contributed by atoms with Crippen LogP contribution < -0.4 is 42.5 Å². The van der Waals surface area contributed by atoms with Crippen LogP contribution in [0.15, 0.2) is 91.1 Å². The Kier molecular flexibility index (Phi) is 24.4. The third kappa shape index (κ3) is 22.5. The van der Waals surface area contributed by atoms with Gasteiger partial charge in [0.2, 0.25) is 35.4 Å². The van der Waals surface area contributed by atoms with E-state index in [-0.39, 0.29) is 56.2 Å². The number of H-pyrrole nitrogens is 1. The summed E-state index contributed by atoms with van der Waals surface area (Å²) in [4.78, 5) is 125. The molecule has 0 spiro atoms. The molecule has 78 heavy (non-hydrogen) atoms. The number of benzene rings is 3. The van der Waals surface area contributed by atoms with Gasteiger partial charge in [-0.1, -0.05) is 78.9 Å². The minimum absolute atomic E-state index is 0.00668. The molecule has 23 heteroatoms. The Balaban J connectivity index is 1.69. The first-order valence-electron chi connectivity index (χ1n) is 25.6. The summed E-state index contributed by atoms with van der Waals surface area (Å²) < 4.78 is 10.8. The number of amides is 8. The minimum Gasteiger partial charge on any atom is -0.480 e. The maximum absolute atomic E-state index is 14.9. The summed E-state index contributed by atoms with van der Waals surface area (Å²) in [5, 5.41) is 41.9. The number of fused-ring (bicyclic) bond motifs is 1. The normalized spacial score (nSPS) is 14.1. The zero-order chi connectivity index (χ0) is 57.6. The Morgan fingerprint density at radius 2 is 1.05 bits per heavy atom. The monoisotopic (exact) mass is 1100 g/mol. The van der Waals surface area contributed by atoms with Crippen molar-refractivity contribution in [1.29, 1.82) is 0 Å². The fourth-order valence-corrected chi connectivity index (χ4v) is 8.68. The van der Waals surface area contributed by atoms with Gasteiger partial charge in [-0.25, -0.2) is 14.4 Å². The van der Waals surface area contributed by atoms with Crippen molar-refractivity contribution in [3.8, 4) is 0 Å². The quantitative estimate of drug-likeness (QED) is 0.0287. The largest absolute Gasteiger partial charge is 0.480 e. The van der Waals surface area contributed by atoms with Crippen LogP contribution in [0.4, 0.5) is 9.59 Å². The number of thioether (sulfide) groups is 1. The van der Waals surface area contributed by atoms with Crippen molar-refractivity contribution < 1.29 is 62.8 Å². The number of para-hydroxylation sites is 1. The SMILES string of the molecule is CC(=O)NCSC[C@H](NC(=O)[C@@H](Cc1ccccc1)NC(=O)OC(C)(C)C)C(=O)N[C@@H](Cc1ccccc1)C(=O)N[C@H](Cc1c[nH]c2ccccc12)C(=O)N[C@@H](CCCCNC(=O)OC(C)(C)C)C(=O)N[C@H](C(=O)O)[C@@H](C)O. The first kappa shape index (κ1) is 62.9. The second-order valence-electron chi connectivity index (χ2n) is 20.6. The maximum Gasteiger partial charge on any atom is 0.408 e. The molecule has 3 aromatic carbocycles. The zero-order valence-corrected chi connectivity index (χ0v) is 46.2. The van der Waals surface area contributed by atoms with E-state index in [0.717, 1.165) is 17.3 Å². The van der Waals surface area contributed by atoms with Crippen LogP contribution in [0.2, 0.25) is 0 Å². The van der Waals surface area contributed by atoms with Crippen LogP contribution in [0.25, 0.3) is 10.9 Å². The predicted octanol–water partition coefficient (Wildman–Crippen LogP) is 3.50. The average Bonchev–Trinajstić information content (AvgIpc) is 3.78. The Morgan fingerprint density at radius 1 is 0.577 bits per heavy atom. The number of unbranched alkanes of at least 4 members (excludes halogenated alkanes) is 1. The van der Waals surface area contributed by atoms with Gasteiger partial charge in [-0.3, -0.25) is 28.8 Å². The van der Waals surface area contributed by atoms with E-state index in [1.807, 2.05) is 18.2 Å². The van der Waals surface area contributed by atoms with Crippen LogP contribution >= 0.6 is 11.8 Å². The smallest absolute Gasteiger partial charge is 0.408 e. The number of aliphatic carboxylic acids is 1. The molecule has 0 aliphatic heterocycles. The van der Waals surface area contributed by atoms with Crippen LogP contribution in [0.3, 0.4) is 0 Å². The predicted molar refractivity (Wildman–Crippen MR) is 294 cm³/mol. The van der Waals surface area contributed by atoms with Crippen LogP contribution in [-0.4, -0.2) is 141 Å². The molecule has 8 amide bonds. The molecule has 0 radical (unpaired) electrons. The van der Waals surface area contributed by atoms with Gasteiger partial charge in [0.1, 0.15) is 41.4 Å². The highest BCUT2D eigenvalue weighted by molar-refractivity contribution is 7.99. The van der Waals surface area contributed by atoms with E-state index in [4.69, 9.17) is 9.47 Å². The van der Waals surface area contributed by atoms with Gasteiger partial charge in [0.05, 0.1) is 12.0 Å². The van der Waals surface area contributed by atoms with Gasteiger partial charge in [0, 0.05) is 55.6 Å². The van der Waals surface area contributed by atoms with Crippen molar-refractivity contribution in [2.24, 2.45) is 0 Å². The second kappa shape index (κ2) is 30.3. The van der Waals surface area contributed by atoms with E-state index in [9.17, 15) is 53.4 Å². The summed E-state index contributed by atoms with van der Waals surface area (Å²) in [6.07, 6.45) is -1.23. The first-order chi connectivity index (χ1) is 36.8. The van der Waals surface area contributed by atoms with Crippen molar-refractivity contribution in [1.82, 2.24) is 47.5 Å². The molecule has 424 valence electrons. The summed E-state index contributed by atoms with van der Waals surface area (Å²) >= 11 is 1.10. The molecule has 0 bridgehead atoms. The highest BCUT2D eigenvalue weighted by atomic mass is 32.2. The van der Waals surface area contributed by atoms with E-state index >= 15 is 0 Å². The molecule has 1 aromatic heterocycles. The number of aromatic amines is 1. The second-order valence-corrected chi connectivity index (χ2v) is 21.7. The van der Waals surface area contributed by atoms with Crippen molar-refractivity contribution >= 4 is 76.3 Å². The highest BCUT2D eigenvalue weighted by Gasteiger charge is 2.35. The number of carbonyl (C=O) groups excluding carboxylic acids is 8. The Hall–Kier alpha value is -7.66. The van der Waals surface area contributed by atoms with Gasteiger partial charge in [0.15, 0.2) is 6.04 Å². The van der Waals surface area contributed by atoms with E-state index < -0.39 is 101 Å². The molecule has 7 atom stereocenters. The van der Waals surface area contributed by atoms with E-state index in [1.54, 1.807) is 114 Å². The first-order valence-corrected chi connectivity index (χ1v) is 26.8. The van der Waals surface area contributed by atoms with E-state index in [1.165, 1.54) is 13.8 Å². The number of carboxylic acid groups (broad SMARTS) is 1. The fraction of sp³-hybridized carbons (Fsp3) is 0.473. The highest BCUT2D eigenvalue weighted by Crippen LogP contribution is 2.20. The van der Waals surface area contributed by atoms with Crippen LogP contribution in [0, 0.1) is 0 Å². The number of aliphatic hydroxyl groups excluding tert-OH is 1. The van der Waals surface area contributed by atoms with Crippen molar-refractivity contribution in [2.45, 2.75) is 147 Å². The minimum atomic E-state index is -1.75. The summed E-state index contributed by atoms with van der Waals surface area (Å²) in [6, 6.07) is 16.1. The summed E-state index contributed by atoms with van der Waals surface area (Å²) in [5.41, 5.74) is 0.939. The van der Waals surface area contributed by atoms with Gasteiger partial charge in [-0.2, -0.15) is 0 Å². The lowest BCUT2D eigenvalue weighted by Crippen LogP contribution is -2.61. The molecule has 22 nitrogen and oxygen atoms in total. The summed E-state index contributed by atoms with van der Waals surface area (Å²) in [7, 11) is 0. The van der Waals surface area contributed by atoms with Crippen LogP contribution in [0.1, 0.15) is 91.3 Å². The fourth-order valence-electron chi connectivity index (χ4n) is 7.79. The van der Waals surface area contributed by atoms with Crippen LogP contribution in [0.5, 0.6) is 0 Å². The van der Waals surface area contributed by atoms with Gasteiger partial charge in [-0.15, -0.1) is 11.8 Å². The standard InChI is InChI=1S/C55H75N9O13S/c1-33(65)45(51(72)73)64-46(67)40(25-17-18-26-56-52(74)76-54(3,4)5)59-49(70)43(29-37-30-57-39-24-16-15-23-38(37)39)61-47(68)41(27-35-19-11-9-12-20-35)60-50(71)44(31-78-32-58-34(2)66)62-48(69)42(28-36-21-13-10-14-22-36)63-53(75)77-55(6,7)8/h9-16,19-24,30,33,40-45,57,65H,17-18,25-29,31-32H2,1-8H3,(H,56,74)(H,58,66)(H,59,70)(H,60,71)(H,61,68)(H,62,69)(H,63,75)(H,64,67)(H,72,73)/t33-,40+,41+,42-,43-,44+,45+/m1/s1. The number of alkyl carbamates (subject to hydrolysis) is 2. The number of ether oxygens (including phenoxy) is 2. The van der Waals surface area contributed by atoms with Crippen LogP contribution in [-0.2, 0) is 62.3 Å². The number of aromatic nitrogens is 1. The van der Waals surface area contributed by atoms with Crippen molar-refractivity contribution in [2.75, 3.05) is 18.2 Å². The van der Waals surface area contributed by atoms with E-state index in [2.05, 4.69) is 47.5 Å². The molecule has 0 saturated heterocycles. The number of hydrogen-bond donors (Lipinski definition) is 11. The zero-order valence-electron chi connectivity index (χ0n) is 45.4. The summed E-state index contributed by atoms with van der Waals surface area (Å²) in [6.45, 7) is 12.7. The Morgan fingerprint density at radius 3 is 1.59 bits per heavy atom. The molecule has 0 aliphatic rings. The third-order valence-corrected chi connectivity index (χ3v) is 12.5. The lowest BCUT2D eigenvalue weighted by molar-refractivity contribution is -0.145. The number of nitrogens with one attached hydrogen (secondary N) is 9. The van der Waals surface area contributed by atoms with Gasteiger partial charge < -0.3 is 67.2 Å². The topological polar surface area (TPSA) is 325 Å². The van der Waals surface area contributed by atoms with Crippen molar-refractivity contribution in [3.63, 3.8) is 0 Å². The molecule has 1 heterocycles. The van der Waals surface area contributed by atoms with Gasteiger partial charge in [-0.05, 0) is 90.5 Å². The molecule has 0 saturated carbocycles. The van der Waals surface area contributed by atoms with Crippen molar-refractivity contribution in [3.05, 3.63) is 108 Å².